The molecule has 0 saturated heterocycles. The maximum absolute atomic E-state index is 12.3. The molecule has 1 aromatic carbocycles. The molecule has 0 spiro atoms. The molecule has 1 heterocycles. The number of aliphatic imine (C=N–C) groups is 1. The van der Waals surface area contributed by atoms with E-state index in [9.17, 15) is 18.0 Å². The molecule has 1 aliphatic rings. The molecule has 0 bridgehead atoms. The summed E-state index contributed by atoms with van der Waals surface area (Å²) in [5, 5.41) is 8.93. The Labute approximate surface area is 130 Å². The lowest BCUT2D eigenvalue weighted by Gasteiger charge is -2.33. The van der Waals surface area contributed by atoms with Gasteiger partial charge in [-0.25, -0.2) is 4.79 Å². The molecule has 1 N–H and O–H groups in total. The van der Waals surface area contributed by atoms with E-state index in [1.807, 2.05) is 0 Å². The molecule has 2 rings (SSSR count). The van der Waals surface area contributed by atoms with Gasteiger partial charge in [0.1, 0.15) is 18.1 Å². The van der Waals surface area contributed by atoms with Gasteiger partial charge < -0.3 is 14.7 Å². The molecule has 0 radical (unpaired) electrons. The molecule has 0 saturated carbocycles. The fourth-order valence-electron chi connectivity index (χ4n) is 2.30. The number of nitrogens with zero attached hydrogens (tertiary/aromatic N) is 2. The Kier molecular flexibility index (Phi) is 4.63. The van der Waals surface area contributed by atoms with Gasteiger partial charge in [-0.15, -0.1) is 13.2 Å². The summed E-state index contributed by atoms with van der Waals surface area (Å²) in [5.41, 5.74) is 1.24. The van der Waals surface area contributed by atoms with Crippen molar-refractivity contribution >= 4 is 11.7 Å². The summed E-state index contributed by atoms with van der Waals surface area (Å²) >= 11 is 0. The van der Waals surface area contributed by atoms with Crippen molar-refractivity contribution in [3.05, 3.63) is 41.6 Å². The number of alkyl halides is 3. The van der Waals surface area contributed by atoms with E-state index in [1.165, 1.54) is 24.3 Å². The van der Waals surface area contributed by atoms with Crippen molar-refractivity contribution in [3.8, 4) is 5.75 Å². The molecule has 5 nitrogen and oxygen atoms in total. The lowest BCUT2D eigenvalue weighted by Crippen LogP contribution is -2.31. The molecular weight excluding hydrogens is 313 g/mol. The average molecular weight is 328 g/mol. The number of allylic oxidation sites excluding steroid dienone is 1. The van der Waals surface area contributed by atoms with Gasteiger partial charge in [0, 0.05) is 5.70 Å². The second-order valence-corrected chi connectivity index (χ2v) is 5.04. The highest BCUT2D eigenvalue weighted by molar-refractivity contribution is 6.40. The third-order valence-corrected chi connectivity index (χ3v) is 3.45. The zero-order valence-electron chi connectivity index (χ0n) is 12.5. The van der Waals surface area contributed by atoms with Crippen LogP contribution in [-0.2, 0) is 4.79 Å². The van der Waals surface area contributed by atoms with E-state index in [0.717, 1.165) is 0 Å². The summed E-state index contributed by atoms with van der Waals surface area (Å²) in [4.78, 5) is 16.6. The maximum atomic E-state index is 12.3. The van der Waals surface area contributed by atoms with E-state index < -0.39 is 12.3 Å². The topological polar surface area (TPSA) is 62.1 Å². The number of hydrogen-bond donors (Lipinski definition) is 1. The first-order chi connectivity index (χ1) is 10.7. The van der Waals surface area contributed by atoms with E-state index in [0.29, 0.717) is 11.3 Å². The lowest BCUT2D eigenvalue weighted by atomic mass is 10.1. The highest BCUT2D eigenvalue weighted by atomic mass is 19.4. The summed E-state index contributed by atoms with van der Waals surface area (Å²) in [6, 6.07) is 5.40. The Morgan fingerprint density at radius 3 is 2.70 bits per heavy atom. The zero-order valence-corrected chi connectivity index (χ0v) is 12.5. The van der Waals surface area contributed by atoms with Crippen LogP contribution >= 0.6 is 0 Å². The second kappa shape index (κ2) is 6.31. The Morgan fingerprint density at radius 1 is 1.43 bits per heavy atom. The van der Waals surface area contributed by atoms with E-state index in [2.05, 4.69) is 9.73 Å². The quantitative estimate of drug-likeness (QED) is 0.921. The molecule has 1 unspecified atom stereocenters. The minimum absolute atomic E-state index is 0.0416. The van der Waals surface area contributed by atoms with Crippen LogP contribution in [0.5, 0.6) is 5.75 Å². The molecule has 0 amide bonds. The van der Waals surface area contributed by atoms with E-state index in [1.54, 1.807) is 24.8 Å². The minimum Gasteiger partial charge on any atom is -0.477 e. The smallest absolute Gasteiger partial charge is 0.477 e. The van der Waals surface area contributed by atoms with Crippen LogP contribution in [0, 0.1) is 0 Å². The van der Waals surface area contributed by atoms with Gasteiger partial charge in [0.05, 0.1) is 6.04 Å². The molecule has 0 fully saturated rings. The van der Waals surface area contributed by atoms with Crippen molar-refractivity contribution in [2.45, 2.75) is 26.3 Å². The summed E-state index contributed by atoms with van der Waals surface area (Å²) in [6.07, 6.45) is -3.32. The number of aliphatic carboxylic acids is 1. The summed E-state index contributed by atoms with van der Waals surface area (Å²) in [5.74, 6) is -1.41. The van der Waals surface area contributed by atoms with Gasteiger partial charge in [-0.1, -0.05) is 12.1 Å². The number of hydrogen-bond acceptors (Lipinski definition) is 4. The average Bonchev–Trinajstić information content (AvgIpc) is 2.44. The molecule has 124 valence electrons. The number of carbonyl (C=O) groups is 1. The van der Waals surface area contributed by atoms with Crippen molar-refractivity contribution in [1.29, 1.82) is 0 Å². The van der Waals surface area contributed by atoms with Crippen LogP contribution in [0.1, 0.15) is 25.5 Å². The molecule has 1 atom stereocenters. The molecule has 23 heavy (non-hydrogen) atoms. The fraction of sp³-hybridized carbons (Fsp3) is 0.333. The van der Waals surface area contributed by atoms with Gasteiger partial charge in [0.15, 0.2) is 0 Å². The van der Waals surface area contributed by atoms with Gasteiger partial charge in [-0.05, 0) is 37.6 Å². The molecule has 1 aromatic rings. The zero-order chi connectivity index (χ0) is 17.2. The molecule has 1 aliphatic heterocycles. The molecule has 0 aromatic heterocycles. The number of halogens is 3. The molecule has 8 heteroatoms. The minimum atomic E-state index is -4.75. The maximum Gasteiger partial charge on any atom is 0.573 e. The normalized spacial score (nSPS) is 16.5. The van der Waals surface area contributed by atoms with Gasteiger partial charge in [-0.2, -0.15) is 0 Å². The van der Waals surface area contributed by atoms with Crippen molar-refractivity contribution in [3.63, 3.8) is 0 Å². The van der Waals surface area contributed by atoms with Crippen molar-refractivity contribution < 1.29 is 27.8 Å². The standard InChI is InChI=1S/C15H15F3N2O3/c1-9-6-13(14(21)22)19-8-20(9)10(2)11-4-3-5-12(7-11)23-15(16,17)18/h3-7,10H,8H2,1-2H3,(H,21,22). The summed E-state index contributed by atoms with van der Waals surface area (Å²) in [6.45, 7) is 3.64. The van der Waals surface area contributed by atoms with Crippen LogP contribution in [0.25, 0.3) is 0 Å². The Morgan fingerprint density at radius 2 is 2.13 bits per heavy atom. The van der Waals surface area contributed by atoms with E-state index in [4.69, 9.17) is 5.11 Å². The van der Waals surface area contributed by atoms with Gasteiger partial charge in [0.2, 0.25) is 0 Å². The largest absolute Gasteiger partial charge is 0.573 e. The first-order valence-corrected chi connectivity index (χ1v) is 6.76. The fourth-order valence-corrected chi connectivity index (χ4v) is 2.30. The molecular formula is C15H15F3N2O3. The first-order valence-electron chi connectivity index (χ1n) is 6.76. The number of ether oxygens (including phenoxy) is 1. The Balaban J connectivity index is 2.19. The summed E-state index contributed by atoms with van der Waals surface area (Å²) < 4.78 is 40.8. The van der Waals surface area contributed by atoms with Crippen molar-refractivity contribution in [1.82, 2.24) is 4.90 Å². The Hall–Kier alpha value is -2.51. The molecule has 0 aliphatic carbocycles. The number of rotatable bonds is 4. The monoisotopic (exact) mass is 328 g/mol. The lowest BCUT2D eigenvalue weighted by molar-refractivity contribution is -0.274. The van der Waals surface area contributed by atoms with Crippen LogP contribution in [-0.4, -0.2) is 34.7 Å². The highest BCUT2D eigenvalue weighted by Gasteiger charge is 2.31. The van der Waals surface area contributed by atoms with Gasteiger partial charge >= 0.3 is 12.3 Å². The third-order valence-electron chi connectivity index (χ3n) is 3.45. The SMILES string of the molecule is CC1=CC(C(=O)O)=NCN1C(C)c1cccc(OC(F)(F)F)c1. The highest BCUT2D eigenvalue weighted by Crippen LogP contribution is 2.30. The van der Waals surface area contributed by atoms with Gasteiger partial charge in [-0.3, -0.25) is 4.99 Å². The van der Waals surface area contributed by atoms with Crippen molar-refractivity contribution in [2.75, 3.05) is 6.67 Å². The van der Waals surface area contributed by atoms with Gasteiger partial charge in [0.25, 0.3) is 0 Å². The van der Waals surface area contributed by atoms with E-state index >= 15 is 0 Å². The Bertz CT molecular complexity index is 668. The van der Waals surface area contributed by atoms with Crippen LogP contribution in [0.15, 0.2) is 41.0 Å². The van der Waals surface area contributed by atoms with Crippen LogP contribution in [0.3, 0.4) is 0 Å². The number of carboxylic acids is 1. The van der Waals surface area contributed by atoms with E-state index in [-0.39, 0.29) is 24.2 Å². The van der Waals surface area contributed by atoms with Crippen LogP contribution in [0.4, 0.5) is 13.2 Å². The third kappa shape index (κ3) is 4.24. The second-order valence-electron chi connectivity index (χ2n) is 5.04. The van der Waals surface area contributed by atoms with Crippen LogP contribution < -0.4 is 4.74 Å². The van der Waals surface area contributed by atoms with Crippen LogP contribution in [0.2, 0.25) is 0 Å². The number of benzene rings is 1. The van der Waals surface area contributed by atoms with Crippen molar-refractivity contribution in [2.24, 2.45) is 4.99 Å². The first kappa shape index (κ1) is 16.9. The summed E-state index contributed by atoms with van der Waals surface area (Å²) in [7, 11) is 0. The predicted octanol–water partition coefficient (Wildman–Crippen LogP) is 3.35. The number of carboxylic acid groups (broad SMARTS) is 1. The predicted molar refractivity (Wildman–Crippen MR) is 77.1 cm³/mol.